The van der Waals surface area contributed by atoms with Gasteiger partial charge < -0.3 is 10.0 Å². The number of aryl methyl sites for hydroxylation is 1. The third-order valence-electron chi connectivity index (χ3n) is 4.48. The van der Waals surface area contributed by atoms with Crippen LogP contribution in [0, 0.1) is 10.1 Å². The highest BCUT2D eigenvalue weighted by Gasteiger charge is 2.24. The number of nitro benzene ring substituents is 1. The molecule has 1 N–H and O–H groups in total. The van der Waals surface area contributed by atoms with Gasteiger partial charge in [-0.3, -0.25) is 14.9 Å². The molecule has 0 fully saturated rings. The maximum absolute atomic E-state index is 13.1. The van der Waals surface area contributed by atoms with E-state index in [1.165, 1.54) is 6.07 Å². The zero-order chi connectivity index (χ0) is 18.7. The van der Waals surface area contributed by atoms with Crippen LogP contribution in [-0.4, -0.2) is 28.5 Å². The predicted octanol–water partition coefficient (Wildman–Crippen LogP) is 3.67. The molecule has 1 aliphatic heterocycles. The average molecular weight is 354 g/mol. The average Bonchev–Trinajstić information content (AvgIpc) is 2.61. The van der Waals surface area contributed by atoms with E-state index in [1.54, 1.807) is 4.90 Å². The number of carbonyl (C=O) groups excluding carboxylic acids is 1. The summed E-state index contributed by atoms with van der Waals surface area (Å²) in [6.45, 7) is 0.487. The van der Waals surface area contributed by atoms with Gasteiger partial charge in [0.1, 0.15) is 0 Å². The van der Waals surface area contributed by atoms with Crippen LogP contribution in [0.4, 0.5) is 11.4 Å². The number of carboxylic acids is 1. The standard InChI is InChI=1S/C19H18N2O5/c22-18(14-10-15(19(23)24)12-16(11-14)21(25)26)20-9-5-1-2-6-13-7-3-4-8-17(13)20/h3-4,7-8,10-12H,1-2,5-6,9H2,(H,23,24). The van der Waals surface area contributed by atoms with Gasteiger partial charge >= 0.3 is 5.97 Å². The molecule has 1 amide bonds. The SMILES string of the molecule is O=C(O)c1cc(C(=O)N2CCCCCc3ccccc32)cc([N+](=O)[O-])c1. The Kier molecular flexibility index (Phi) is 4.97. The topological polar surface area (TPSA) is 101 Å². The number of hydrogen-bond donors (Lipinski definition) is 1. The van der Waals surface area contributed by atoms with E-state index >= 15 is 0 Å². The Morgan fingerprint density at radius 1 is 1.04 bits per heavy atom. The first-order chi connectivity index (χ1) is 12.5. The summed E-state index contributed by atoms with van der Waals surface area (Å²) in [4.78, 5) is 36.4. The molecule has 134 valence electrons. The molecule has 0 aromatic heterocycles. The fourth-order valence-electron chi connectivity index (χ4n) is 3.20. The molecule has 0 bridgehead atoms. The molecule has 0 atom stereocenters. The Balaban J connectivity index is 2.06. The van der Waals surface area contributed by atoms with Crippen molar-refractivity contribution >= 4 is 23.3 Å². The Bertz CT molecular complexity index is 846. The van der Waals surface area contributed by atoms with Gasteiger partial charge in [-0.15, -0.1) is 0 Å². The number of nitrogens with zero attached hydrogens (tertiary/aromatic N) is 2. The van der Waals surface area contributed by atoms with E-state index in [1.807, 2.05) is 24.3 Å². The van der Waals surface area contributed by atoms with Gasteiger partial charge in [-0.1, -0.05) is 24.6 Å². The number of aromatic carboxylic acids is 1. The largest absolute Gasteiger partial charge is 0.478 e. The number of fused-ring (bicyclic) bond motifs is 1. The lowest BCUT2D eigenvalue weighted by molar-refractivity contribution is -0.384. The summed E-state index contributed by atoms with van der Waals surface area (Å²) in [5, 5.41) is 20.3. The summed E-state index contributed by atoms with van der Waals surface area (Å²) in [5.41, 5.74) is 1.15. The quantitative estimate of drug-likeness (QED) is 0.669. The molecule has 7 nitrogen and oxygen atoms in total. The van der Waals surface area contributed by atoms with Crippen molar-refractivity contribution in [1.29, 1.82) is 0 Å². The molecular weight excluding hydrogens is 336 g/mol. The maximum atomic E-state index is 13.1. The van der Waals surface area contributed by atoms with Gasteiger partial charge in [-0.05, 0) is 37.0 Å². The molecule has 2 aromatic rings. The fourth-order valence-corrected chi connectivity index (χ4v) is 3.20. The van der Waals surface area contributed by atoms with Crippen molar-refractivity contribution in [3.05, 3.63) is 69.3 Å². The molecule has 1 aliphatic rings. The fraction of sp³-hybridized carbons (Fsp3) is 0.263. The maximum Gasteiger partial charge on any atom is 0.335 e. The summed E-state index contributed by atoms with van der Waals surface area (Å²) in [6, 6.07) is 10.9. The number of anilines is 1. The van der Waals surface area contributed by atoms with Crippen LogP contribution in [0.3, 0.4) is 0 Å². The highest BCUT2D eigenvalue weighted by molar-refractivity contribution is 6.08. The van der Waals surface area contributed by atoms with Crippen molar-refractivity contribution in [3.63, 3.8) is 0 Å². The second-order valence-corrected chi connectivity index (χ2v) is 6.23. The number of carboxylic acid groups (broad SMARTS) is 1. The number of benzene rings is 2. The Labute approximate surface area is 150 Å². The first kappa shape index (κ1) is 17.6. The number of hydrogen-bond acceptors (Lipinski definition) is 4. The second-order valence-electron chi connectivity index (χ2n) is 6.23. The highest BCUT2D eigenvalue weighted by Crippen LogP contribution is 2.28. The molecule has 1 heterocycles. The molecular formula is C19H18N2O5. The summed E-state index contributed by atoms with van der Waals surface area (Å²) in [7, 11) is 0. The van der Waals surface area contributed by atoms with Gasteiger partial charge in [-0.25, -0.2) is 4.79 Å². The first-order valence-corrected chi connectivity index (χ1v) is 8.40. The lowest BCUT2D eigenvalue weighted by Gasteiger charge is -2.27. The second kappa shape index (κ2) is 7.35. The summed E-state index contributed by atoms with van der Waals surface area (Å²) in [5.74, 6) is -1.73. The van der Waals surface area contributed by atoms with E-state index in [0.29, 0.717) is 6.54 Å². The summed E-state index contributed by atoms with van der Waals surface area (Å²) >= 11 is 0. The normalized spacial score (nSPS) is 14.1. The van der Waals surface area contributed by atoms with Crippen molar-refractivity contribution in [1.82, 2.24) is 0 Å². The zero-order valence-electron chi connectivity index (χ0n) is 14.1. The summed E-state index contributed by atoms with van der Waals surface area (Å²) in [6.07, 6.45) is 3.70. The predicted molar refractivity (Wildman–Crippen MR) is 95.7 cm³/mol. The van der Waals surface area contributed by atoms with Crippen LogP contribution in [0.5, 0.6) is 0 Å². The number of non-ortho nitro benzene ring substituents is 1. The minimum Gasteiger partial charge on any atom is -0.478 e. The van der Waals surface area contributed by atoms with E-state index in [-0.39, 0.29) is 11.1 Å². The number of rotatable bonds is 3. The Hall–Kier alpha value is -3.22. The van der Waals surface area contributed by atoms with Gasteiger partial charge in [0, 0.05) is 29.9 Å². The van der Waals surface area contributed by atoms with Crippen molar-refractivity contribution in [2.45, 2.75) is 25.7 Å². The van der Waals surface area contributed by atoms with Gasteiger partial charge in [0.2, 0.25) is 0 Å². The minimum absolute atomic E-state index is 0.00646. The van der Waals surface area contributed by atoms with E-state index in [0.717, 1.165) is 49.1 Å². The monoisotopic (exact) mass is 354 g/mol. The van der Waals surface area contributed by atoms with Crippen LogP contribution < -0.4 is 4.90 Å². The third kappa shape index (κ3) is 3.56. The van der Waals surface area contributed by atoms with Crippen molar-refractivity contribution in [3.8, 4) is 0 Å². The first-order valence-electron chi connectivity index (χ1n) is 8.40. The molecule has 0 spiro atoms. The number of carbonyl (C=O) groups is 2. The van der Waals surface area contributed by atoms with Crippen molar-refractivity contribution in [2.24, 2.45) is 0 Å². The van der Waals surface area contributed by atoms with E-state index in [2.05, 4.69) is 0 Å². The lowest BCUT2D eigenvalue weighted by atomic mass is 10.00. The Morgan fingerprint density at radius 2 is 1.77 bits per heavy atom. The van der Waals surface area contributed by atoms with Gasteiger partial charge in [-0.2, -0.15) is 0 Å². The van der Waals surface area contributed by atoms with E-state index < -0.39 is 22.5 Å². The molecule has 0 radical (unpaired) electrons. The highest BCUT2D eigenvalue weighted by atomic mass is 16.6. The molecule has 0 saturated heterocycles. The molecule has 0 unspecified atom stereocenters. The zero-order valence-corrected chi connectivity index (χ0v) is 14.1. The molecule has 0 saturated carbocycles. The molecule has 3 rings (SSSR count). The van der Waals surface area contributed by atoms with E-state index in [9.17, 15) is 24.8 Å². The van der Waals surface area contributed by atoms with Crippen molar-refractivity contribution in [2.75, 3.05) is 11.4 Å². The van der Waals surface area contributed by atoms with Gasteiger partial charge in [0.25, 0.3) is 11.6 Å². The van der Waals surface area contributed by atoms with Crippen LogP contribution in [-0.2, 0) is 6.42 Å². The van der Waals surface area contributed by atoms with Crippen LogP contribution in [0.2, 0.25) is 0 Å². The van der Waals surface area contributed by atoms with Crippen LogP contribution in [0.15, 0.2) is 42.5 Å². The minimum atomic E-state index is -1.31. The third-order valence-corrected chi connectivity index (χ3v) is 4.48. The van der Waals surface area contributed by atoms with Crippen LogP contribution >= 0.6 is 0 Å². The summed E-state index contributed by atoms with van der Waals surface area (Å²) < 4.78 is 0. The lowest BCUT2D eigenvalue weighted by Crippen LogP contribution is -2.33. The Morgan fingerprint density at radius 3 is 2.50 bits per heavy atom. The van der Waals surface area contributed by atoms with Crippen LogP contribution in [0.25, 0.3) is 0 Å². The number of nitro groups is 1. The smallest absolute Gasteiger partial charge is 0.335 e. The molecule has 0 aliphatic carbocycles. The van der Waals surface area contributed by atoms with Gasteiger partial charge in [0.05, 0.1) is 10.5 Å². The molecule has 7 heteroatoms. The van der Waals surface area contributed by atoms with E-state index in [4.69, 9.17) is 0 Å². The number of para-hydroxylation sites is 1. The van der Waals surface area contributed by atoms with Crippen LogP contribution in [0.1, 0.15) is 45.5 Å². The molecule has 26 heavy (non-hydrogen) atoms. The molecule has 2 aromatic carbocycles. The van der Waals surface area contributed by atoms with Crippen molar-refractivity contribution < 1.29 is 19.6 Å². The number of amides is 1. The van der Waals surface area contributed by atoms with Gasteiger partial charge in [0.15, 0.2) is 0 Å².